The van der Waals surface area contributed by atoms with Gasteiger partial charge in [-0.25, -0.2) is 0 Å². The van der Waals surface area contributed by atoms with Crippen molar-refractivity contribution in [3.63, 3.8) is 0 Å². The zero-order valence-corrected chi connectivity index (χ0v) is 10.5. The summed E-state index contributed by atoms with van der Waals surface area (Å²) in [6, 6.07) is 11.0. The summed E-state index contributed by atoms with van der Waals surface area (Å²) in [6.45, 7) is 2.13. The summed E-state index contributed by atoms with van der Waals surface area (Å²) >= 11 is 1.97. The molecule has 0 bridgehead atoms. The molecule has 1 nitrogen and oxygen atoms in total. The Balaban J connectivity index is 1.78. The highest BCUT2D eigenvalue weighted by Gasteiger charge is 2.41. The fourth-order valence-electron chi connectivity index (χ4n) is 1.90. The van der Waals surface area contributed by atoms with Crippen LogP contribution in [0.2, 0.25) is 0 Å². The number of nitrogens with zero attached hydrogens (tertiary/aromatic N) is 1. The van der Waals surface area contributed by atoms with Gasteiger partial charge in [0.05, 0.1) is 6.07 Å². The van der Waals surface area contributed by atoms with Gasteiger partial charge in [0.1, 0.15) is 0 Å². The molecular formula is C14H17NS. The Hall–Kier alpha value is -0.940. The van der Waals surface area contributed by atoms with Crippen LogP contribution in [0.4, 0.5) is 0 Å². The standard InChI is InChI=1S/C14H17NS/c1-12-3-2-4-13(9-12)10-16-11-14(5-6-14)7-8-15/h2-4,9H,5-7,10-11H2,1H3. The molecule has 16 heavy (non-hydrogen) atoms. The van der Waals surface area contributed by atoms with Gasteiger partial charge in [0.2, 0.25) is 0 Å². The molecule has 0 saturated heterocycles. The van der Waals surface area contributed by atoms with E-state index in [9.17, 15) is 0 Å². The Labute approximate surface area is 102 Å². The molecule has 2 heteroatoms. The lowest BCUT2D eigenvalue weighted by atomic mass is 10.1. The molecule has 0 aromatic heterocycles. The molecule has 1 aliphatic carbocycles. The molecule has 1 aliphatic rings. The molecule has 0 N–H and O–H groups in total. The van der Waals surface area contributed by atoms with Gasteiger partial charge in [-0.15, -0.1) is 0 Å². The summed E-state index contributed by atoms with van der Waals surface area (Å²) in [4.78, 5) is 0. The van der Waals surface area contributed by atoms with Crippen molar-refractivity contribution in [1.82, 2.24) is 0 Å². The second-order valence-corrected chi connectivity index (χ2v) is 5.80. The van der Waals surface area contributed by atoms with Crippen molar-refractivity contribution in [1.29, 1.82) is 5.26 Å². The molecule has 1 aromatic carbocycles. The summed E-state index contributed by atoms with van der Waals surface area (Å²) < 4.78 is 0. The number of thioether (sulfide) groups is 1. The van der Waals surface area contributed by atoms with Crippen LogP contribution in [0.25, 0.3) is 0 Å². The van der Waals surface area contributed by atoms with Crippen LogP contribution in [0.15, 0.2) is 24.3 Å². The minimum absolute atomic E-state index is 0.378. The third-order valence-electron chi connectivity index (χ3n) is 3.17. The van der Waals surface area contributed by atoms with E-state index in [1.165, 1.54) is 24.0 Å². The van der Waals surface area contributed by atoms with E-state index in [0.29, 0.717) is 5.41 Å². The van der Waals surface area contributed by atoms with Crippen LogP contribution in [0.1, 0.15) is 30.4 Å². The molecule has 1 fully saturated rings. The fraction of sp³-hybridized carbons (Fsp3) is 0.500. The Bertz CT molecular complexity index is 401. The number of hydrogen-bond acceptors (Lipinski definition) is 2. The first kappa shape index (κ1) is 11.5. The third-order valence-corrected chi connectivity index (χ3v) is 4.52. The molecule has 0 amide bonds. The summed E-state index contributed by atoms with van der Waals surface area (Å²) in [6.07, 6.45) is 3.25. The van der Waals surface area contributed by atoms with Gasteiger partial charge in [-0.1, -0.05) is 29.8 Å². The van der Waals surface area contributed by atoms with Gasteiger partial charge >= 0.3 is 0 Å². The van der Waals surface area contributed by atoms with Crippen LogP contribution >= 0.6 is 11.8 Å². The minimum atomic E-state index is 0.378. The Morgan fingerprint density at radius 3 is 2.88 bits per heavy atom. The summed E-state index contributed by atoms with van der Waals surface area (Å²) in [5.41, 5.74) is 3.11. The van der Waals surface area contributed by atoms with Gasteiger partial charge in [0.25, 0.3) is 0 Å². The fourth-order valence-corrected chi connectivity index (χ4v) is 3.25. The zero-order chi connectivity index (χ0) is 11.4. The van der Waals surface area contributed by atoms with Crippen LogP contribution in [0.5, 0.6) is 0 Å². The van der Waals surface area contributed by atoms with Gasteiger partial charge in [0, 0.05) is 17.9 Å². The lowest BCUT2D eigenvalue weighted by molar-refractivity contribution is 0.604. The lowest BCUT2D eigenvalue weighted by Crippen LogP contribution is -2.02. The number of aryl methyl sites for hydroxylation is 1. The number of benzene rings is 1. The predicted octanol–water partition coefficient (Wildman–Crippen LogP) is 3.92. The van der Waals surface area contributed by atoms with Crippen molar-refractivity contribution in [3.8, 4) is 6.07 Å². The highest BCUT2D eigenvalue weighted by atomic mass is 32.2. The molecule has 0 unspecified atom stereocenters. The molecule has 0 radical (unpaired) electrons. The van der Waals surface area contributed by atoms with E-state index in [-0.39, 0.29) is 0 Å². The Morgan fingerprint density at radius 2 is 2.25 bits per heavy atom. The van der Waals surface area contributed by atoms with Crippen molar-refractivity contribution >= 4 is 11.8 Å². The quantitative estimate of drug-likeness (QED) is 0.767. The van der Waals surface area contributed by atoms with Gasteiger partial charge in [-0.2, -0.15) is 17.0 Å². The maximum atomic E-state index is 8.74. The van der Waals surface area contributed by atoms with Crippen molar-refractivity contribution in [2.24, 2.45) is 5.41 Å². The average Bonchev–Trinajstić information content (AvgIpc) is 2.99. The van der Waals surface area contributed by atoms with E-state index in [1.807, 2.05) is 11.8 Å². The molecule has 0 spiro atoms. The van der Waals surface area contributed by atoms with Crippen molar-refractivity contribution in [2.75, 3.05) is 5.75 Å². The van der Waals surface area contributed by atoms with E-state index in [2.05, 4.69) is 37.3 Å². The second kappa shape index (κ2) is 4.93. The van der Waals surface area contributed by atoms with Gasteiger partial charge in [-0.05, 0) is 30.7 Å². The Morgan fingerprint density at radius 1 is 1.44 bits per heavy atom. The SMILES string of the molecule is Cc1cccc(CSCC2(CC#N)CC2)c1. The van der Waals surface area contributed by atoms with E-state index in [1.54, 1.807) is 0 Å². The van der Waals surface area contributed by atoms with Crippen molar-refractivity contribution in [3.05, 3.63) is 35.4 Å². The number of hydrogen-bond donors (Lipinski definition) is 0. The van der Waals surface area contributed by atoms with Crippen LogP contribution in [0.3, 0.4) is 0 Å². The highest BCUT2D eigenvalue weighted by Crippen LogP contribution is 2.51. The van der Waals surface area contributed by atoms with Gasteiger partial charge in [-0.3, -0.25) is 0 Å². The smallest absolute Gasteiger partial charge is 0.0627 e. The molecule has 1 saturated carbocycles. The molecule has 1 aromatic rings. The second-order valence-electron chi connectivity index (χ2n) is 4.82. The first-order valence-electron chi connectivity index (χ1n) is 5.74. The largest absolute Gasteiger partial charge is 0.198 e. The molecular weight excluding hydrogens is 214 g/mol. The highest BCUT2D eigenvalue weighted by molar-refractivity contribution is 7.98. The van der Waals surface area contributed by atoms with Crippen LogP contribution in [-0.2, 0) is 5.75 Å². The lowest BCUT2D eigenvalue weighted by Gasteiger charge is -2.10. The van der Waals surface area contributed by atoms with Crippen LogP contribution in [-0.4, -0.2) is 5.75 Å². The van der Waals surface area contributed by atoms with Crippen molar-refractivity contribution < 1.29 is 0 Å². The monoisotopic (exact) mass is 231 g/mol. The van der Waals surface area contributed by atoms with Crippen LogP contribution in [0, 0.1) is 23.7 Å². The number of rotatable bonds is 5. The maximum absolute atomic E-state index is 8.74. The van der Waals surface area contributed by atoms with E-state index in [4.69, 9.17) is 5.26 Å². The third kappa shape index (κ3) is 3.02. The first-order chi connectivity index (χ1) is 7.74. The van der Waals surface area contributed by atoms with E-state index >= 15 is 0 Å². The summed E-state index contributed by atoms with van der Waals surface area (Å²) in [5.74, 6) is 2.23. The van der Waals surface area contributed by atoms with E-state index in [0.717, 1.165) is 17.9 Å². The summed E-state index contributed by atoms with van der Waals surface area (Å²) in [5, 5.41) is 8.74. The van der Waals surface area contributed by atoms with Crippen LogP contribution < -0.4 is 0 Å². The molecule has 0 heterocycles. The molecule has 2 rings (SSSR count). The number of nitriles is 1. The van der Waals surface area contributed by atoms with E-state index < -0.39 is 0 Å². The van der Waals surface area contributed by atoms with Gasteiger partial charge in [0.15, 0.2) is 0 Å². The Kier molecular flexibility index (Phi) is 3.56. The van der Waals surface area contributed by atoms with Gasteiger partial charge < -0.3 is 0 Å². The molecule has 0 aliphatic heterocycles. The normalized spacial score (nSPS) is 16.8. The average molecular weight is 231 g/mol. The maximum Gasteiger partial charge on any atom is 0.0627 e. The van der Waals surface area contributed by atoms with Crippen molar-refractivity contribution in [2.45, 2.75) is 31.9 Å². The zero-order valence-electron chi connectivity index (χ0n) is 9.70. The summed E-state index contributed by atoms with van der Waals surface area (Å²) in [7, 11) is 0. The minimum Gasteiger partial charge on any atom is -0.198 e. The molecule has 84 valence electrons. The predicted molar refractivity (Wildman–Crippen MR) is 69.2 cm³/mol. The topological polar surface area (TPSA) is 23.8 Å². The molecule has 0 atom stereocenters. The first-order valence-corrected chi connectivity index (χ1v) is 6.90.